The molecule has 5 heteroatoms. The molecule has 33 heavy (non-hydrogen) atoms. The Labute approximate surface area is 198 Å². The van der Waals surface area contributed by atoms with Crippen molar-refractivity contribution in [1.29, 1.82) is 5.41 Å². The largest absolute Gasteiger partial charge is 0.507 e. The number of carbonyl (C=O) groups is 1. The van der Waals surface area contributed by atoms with Crippen LogP contribution < -0.4 is 4.90 Å². The van der Waals surface area contributed by atoms with E-state index in [1.54, 1.807) is 17.0 Å². The molecular weight excluding hydrogens is 432 g/mol. The Morgan fingerprint density at radius 3 is 2.21 bits per heavy atom. The van der Waals surface area contributed by atoms with E-state index >= 15 is 0 Å². The van der Waals surface area contributed by atoms with E-state index in [2.05, 4.69) is 0 Å². The summed E-state index contributed by atoms with van der Waals surface area (Å²) in [5.74, 6) is -0.264. The second-order valence-corrected chi connectivity index (χ2v) is 8.71. The zero-order valence-corrected chi connectivity index (χ0v) is 18.7. The summed E-state index contributed by atoms with van der Waals surface area (Å²) in [5, 5.41) is 21.4. The summed E-state index contributed by atoms with van der Waals surface area (Å²) < 4.78 is 0. The van der Waals surface area contributed by atoms with Gasteiger partial charge in [-0.1, -0.05) is 72.3 Å². The highest BCUT2D eigenvalue weighted by molar-refractivity contribution is 6.30. The molecule has 3 aromatic carbocycles. The number of rotatable bonds is 3. The first-order valence-corrected chi connectivity index (χ1v) is 11.4. The summed E-state index contributed by atoms with van der Waals surface area (Å²) in [4.78, 5) is 15.2. The van der Waals surface area contributed by atoms with Gasteiger partial charge in [0.1, 0.15) is 11.6 Å². The lowest BCUT2D eigenvalue weighted by Gasteiger charge is -2.41. The molecule has 0 spiro atoms. The lowest BCUT2D eigenvalue weighted by molar-refractivity contribution is -0.116. The minimum atomic E-state index is -0.509. The lowest BCUT2D eigenvalue weighted by Crippen LogP contribution is -2.42. The molecule has 0 unspecified atom stereocenters. The van der Waals surface area contributed by atoms with Crippen molar-refractivity contribution in [3.05, 3.63) is 118 Å². The fourth-order valence-corrected chi connectivity index (χ4v) is 4.92. The number of nitrogens with one attached hydrogen (secondary N) is 1. The number of halogens is 1. The Balaban J connectivity index is 1.82. The monoisotopic (exact) mass is 454 g/mol. The topological polar surface area (TPSA) is 64.4 Å². The number of Topliss-reactive ketones (excluding diaryl/α,β-unsaturated/α-hetero) is 1. The van der Waals surface area contributed by atoms with E-state index in [-0.39, 0.29) is 17.4 Å². The van der Waals surface area contributed by atoms with Crippen molar-refractivity contribution in [2.75, 3.05) is 4.90 Å². The van der Waals surface area contributed by atoms with E-state index in [4.69, 9.17) is 11.6 Å². The predicted octanol–water partition coefficient (Wildman–Crippen LogP) is 6.90. The maximum atomic E-state index is 13.4. The van der Waals surface area contributed by atoms with Gasteiger partial charge in [-0.2, -0.15) is 0 Å². The van der Waals surface area contributed by atoms with Crippen LogP contribution in [0, 0.1) is 5.41 Å². The number of aliphatic hydroxyl groups excluding tert-OH is 1. The van der Waals surface area contributed by atoms with Gasteiger partial charge in [0.25, 0.3) is 0 Å². The Morgan fingerprint density at radius 1 is 0.909 bits per heavy atom. The SMILES string of the molecule is N=C1C(=C(O)c2ccccc2)[C@@H](c2ccccc2)C2=C(CCCC2=O)N1c1ccc(Cl)cc1. The summed E-state index contributed by atoms with van der Waals surface area (Å²) in [5.41, 5.74) is 4.17. The van der Waals surface area contributed by atoms with Crippen LogP contribution in [0.4, 0.5) is 5.69 Å². The van der Waals surface area contributed by atoms with E-state index in [1.807, 2.05) is 72.8 Å². The molecule has 2 aliphatic rings. The zero-order valence-electron chi connectivity index (χ0n) is 18.0. The Morgan fingerprint density at radius 2 is 1.55 bits per heavy atom. The molecule has 0 amide bonds. The van der Waals surface area contributed by atoms with E-state index < -0.39 is 5.92 Å². The Bertz CT molecular complexity index is 1280. The maximum Gasteiger partial charge on any atom is 0.161 e. The molecule has 0 aromatic heterocycles. The third-order valence-electron chi connectivity index (χ3n) is 6.27. The van der Waals surface area contributed by atoms with Crippen molar-refractivity contribution in [3.8, 4) is 0 Å². The molecule has 4 nitrogen and oxygen atoms in total. The van der Waals surface area contributed by atoms with Crippen LogP contribution in [-0.2, 0) is 4.79 Å². The Hall–Kier alpha value is -3.63. The molecule has 1 aliphatic carbocycles. The van der Waals surface area contributed by atoms with Gasteiger partial charge in [0.05, 0.1) is 0 Å². The van der Waals surface area contributed by atoms with Crippen LogP contribution in [0.3, 0.4) is 0 Å². The van der Waals surface area contributed by atoms with Crippen LogP contribution in [0.15, 0.2) is 102 Å². The lowest BCUT2D eigenvalue weighted by atomic mass is 9.73. The molecule has 0 bridgehead atoms. The number of hydrogen-bond acceptors (Lipinski definition) is 3. The van der Waals surface area contributed by atoms with Gasteiger partial charge in [-0.05, 0) is 42.7 Å². The highest BCUT2D eigenvalue weighted by Crippen LogP contribution is 2.47. The fourth-order valence-electron chi connectivity index (χ4n) is 4.80. The van der Waals surface area contributed by atoms with Crippen LogP contribution in [0.2, 0.25) is 5.02 Å². The molecule has 3 aromatic rings. The normalized spacial score (nSPS) is 20.0. The number of allylic oxidation sites excluding steroid dienone is 2. The third-order valence-corrected chi connectivity index (χ3v) is 6.53. The predicted molar refractivity (Wildman–Crippen MR) is 133 cm³/mol. The molecule has 5 rings (SSSR count). The minimum absolute atomic E-state index is 0.0124. The maximum absolute atomic E-state index is 13.4. The number of anilines is 1. The summed E-state index contributed by atoms with van der Waals surface area (Å²) >= 11 is 6.12. The number of carbonyl (C=O) groups excluding carboxylic acids is 1. The van der Waals surface area contributed by atoms with Gasteiger partial charge in [-0.3, -0.25) is 15.1 Å². The summed E-state index contributed by atoms with van der Waals surface area (Å²) in [6, 6.07) is 26.2. The summed E-state index contributed by atoms with van der Waals surface area (Å²) in [6.45, 7) is 0. The molecule has 0 saturated heterocycles. The molecular formula is C28H23ClN2O2. The first kappa shape index (κ1) is 21.2. The molecule has 1 atom stereocenters. The van der Waals surface area contributed by atoms with Crippen molar-refractivity contribution in [1.82, 2.24) is 0 Å². The molecule has 1 aliphatic heterocycles. The van der Waals surface area contributed by atoms with Crippen molar-refractivity contribution in [3.63, 3.8) is 0 Å². The van der Waals surface area contributed by atoms with Crippen LogP contribution in [-0.4, -0.2) is 16.7 Å². The molecule has 164 valence electrons. The quantitative estimate of drug-likeness (QED) is 0.423. The second-order valence-electron chi connectivity index (χ2n) is 8.27. The van der Waals surface area contributed by atoms with E-state index in [9.17, 15) is 15.3 Å². The van der Waals surface area contributed by atoms with Gasteiger partial charge in [0, 0.05) is 45.5 Å². The average molecular weight is 455 g/mol. The molecule has 2 N–H and O–H groups in total. The van der Waals surface area contributed by atoms with Crippen molar-refractivity contribution < 1.29 is 9.90 Å². The highest BCUT2D eigenvalue weighted by atomic mass is 35.5. The number of ketones is 1. The smallest absolute Gasteiger partial charge is 0.161 e. The van der Waals surface area contributed by atoms with Gasteiger partial charge in [-0.15, -0.1) is 0 Å². The summed E-state index contributed by atoms with van der Waals surface area (Å²) in [6.07, 6.45) is 1.89. The van der Waals surface area contributed by atoms with Crippen LogP contribution in [0.1, 0.15) is 36.3 Å². The van der Waals surface area contributed by atoms with Crippen LogP contribution in [0.5, 0.6) is 0 Å². The van der Waals surface area contributed by atoms with Gasteiger partial charge in [-0.25, -0.2) is 0 Å². The van der Waals surface area contributed by atoms with Crippen molar-refractivity contribution >= 4 is 34.7 Å². The molecule has 1 heterocycles. The fraction of sp³-hybridized carbons (Fsp3) is 0.143. The number of amidine groups is 1. The number of nitrogens with zero attached hydrogens (tertiary/aromatic N) is 1. The zero-order chi connectivity index (χ0) is 22.9. The van der Waals surface area contributed by atoms with Crippen molar-refractivity contribution in [2.45, 2.75) is 25.2 Å². The number of aliphatic hydroxyl groups is 1. The van der Waals surface area contributed by atoms with Gasteiger partial charge < -0.3 is 5.11 Å². The van der Waals surface area contributed by atoms with Gasteiger partial charge in [0.2, 0.25) is 0 Å². The van der Waals surface area contributed by atoms with Crippen LogP contribution in [0.25, 0.3) is 5.76 Å². The van der Waals surface area contributed by atoms with Crippen LogP contribution >= 0.6 is 11.6 Å². The van der Waals surface area contributed by atoms with Crippen molar-refractivity contribution in [2.24, 2.45) is 0 Å². The Kier molecular flexibility index (Phi) is 5.61. The standard InChI is InChI=1S/C28H23ClN2O2/c29-20-14-16-21(17-15-20)31-22-12-7-13-23(32)25(22)24(18-8-3-1-4-9-18)26(28(31)30)27(33)19-10-5-2-6-11-19/h1-6,8-11,14-17,24,30,33H,7,12-13H2/t24-/m0/s1. The first-order chi connectivity index (χ1) is 16.1. The van der Waals surface area contributed by atoms with Gasteiger partial charge >= 0.3 is 0 Å². The van der Waals surface area contributed by atoms with E-state index in [0.717, 1.165) is 23.4 Å². The van der Waals surface area contributed by atoms with E-state index in [0.29, 0.717) is 34.6 Å². The van der Waals surface area contributed by atoms with E-state index in [1.165, 1.54) is 0 Å². The highest BCUT2D eigenvalue weighted by Gasteiger charge is 2.43. The molecule has 0 fully saturated rings. The second kappa shape index (κ2) is 8.72. The third kappa shape index (κ3) is 3.77. The minimum Gasteiger partial charge on any atom is -0.507 e. The number of hydrogen-bond donors (Lipinski definition) is 2. The molecule has 0 radical (unpaired) electrons. The first-order valence-electron chi connectivity index (χ1n) is 11.0. The van der Waals surface area contributed by atoms with Gasteiger partial charge in [0.15, 0.2) is 5.78 Å². The molecule has 0 saturated carbocycles. The summed E-state index contributed by atoms with van der Waals surface area (Å²) in [7, 11) is 0. The number of benzene rings is 3. The average Bonchev–Trinajstić information content (AvgIpc) is 2.85.